The molecule has 0 bridgehead atoms. The molecule has 0 saturated heterocycles. The van der Waals surface area contributed by atoms with E-state index in [4.69, 9.17) is 4.42 Å². The summed E-state index contributed by atoms with van der Waals surface area (Å²) in [6, 6.07) is 4.49. The lowest BCUT2D eigenvalue weighted by Crippen LogP contribution is -2.19. The van der Waals surface area contributed by atoms with Gasteiger partial charge in [0.15, 0.2) is 0 Å². The van der Waals surface area contributed by atoms with Crippen molar-refractivity contribution in [3.8, 4) is 0 Å². The average molecular weight is 314 g/mol. The lowest BCUT2D eigenvalue weighted by Gasteiger charge is -2.15. The van der Waals surface area contributed by atoms with Crippen LogP contribution >= 0.6 is 27.3 Å². The molecule has 2 aromatic heterocycles. The molecule has 0 aromatic carbocycles. The second kappa shape index (κ2) is 5.85. The number of rotatable bonds is 5. The van der Waals surface area contributed by atoms with Crippen LogP contribution in [0, 0.1) is 0 Å². The third-order valence-electron chi connectivity index (χ3n) is 2.91. The maximum Gasteiger partial charge on any atom is 0.108 e. The molecular formula is C13H16BrNOS. The Labute approximate surface area is 114 Å². The molecule has 0 aliphatic heterocycles. The van der Waals surface area contributed by atoms with E-state index >= 15 is 0 Å². The molecule has 2 rings (SSSR count). The molecule has 0 saturated carbocycles. The van der Waals surface area contributed by atoms with Crippen LogP contribution in [0.1, 0.15) is 29.2 Å². The number of furan rings is 1. The maximum absolute atomic E-state index is 5.50. The van der Waals surface area contributed by atoms with Crippen molar-refractivity contribution >= 4 is 27.3 Å². The molecule has 0 aliphatic rings. The molecule has 17 heavy (non-hydrogen) atoms. The first-order chi connectivity index (χ1) is 8.26. The van der Waals surface area contributed by atoms with Crippen LogP contribution in [-0.4, -0.2) is 7.05 Å². The number of halogens is 1. The van der Waals surface area contributed by atoms with Crippen molar-refractivity contribution in [3.63, 3.8) is 0 Å². The molecule has 4 heteroatoms. The molecule has 1 N–H and O–H groups in total. The normalized spacial score (nSPS) is 12.9. The maximum atomic E-state index is 5.50. The fraction of sp³-hybridized carbons (Fsp3) is 0.385. The molecule has 0 aliphatic carbocycles. The Bertz CT molecular complexity index is 477. The Morgan fingerprint density at radius 1 is 1.47 bits per heavy atom. The number of likely N-dealkylation sites (N-methyl/N-ethyl adjacent to an activating group) is 1. The molecule has 0 spiro atoms. The zero-order valence-electron chi connectivity index (χ0n) is 10.00. The number of hydrogen-bond donors (Lipinski definition) is 1. The Morgan fingerprint density at radius 3 is 2.88 bits per heavy atom. The van der Waals surface area contributed by atoms with Gasteiger partial charge in [0.25, 0.3) is 0 Å². The van der Waals surface area contributed by atoms with Crippen LogP contribution in [0.5, 0.6) is 0 Å². The van der Waals surface area contributed by atoms with Gasteiger partial charge in [0.1, 0.15) is 5.76 Å². The Morgan fingerprint density at radius 2 is 2.29 bits per heavy atom. The summed E-state index contributed by atoms with van der Waals surface area (Å²) in [6.45, 7) is 2.12. The van der Waals surface area contributed by atoms with E-state index in [0.717, 1.165) is 18.6 Å². The van der Waals surface area contributed by atoms with Gasteiger partial charge < -0.3 is 9.73 Å². The highest BCUT2D eigenvalue weighted by molar-refractivity contribution is 9.10. The first-order valence-electron chi connectivity index (χ1n) is 5.71. The summed E-state index contributed by atoms with van der Waals surface area (Å²) < 4.78 is 6.70. The number of aryl methyl sites for hydroxylation is 1. The van der Waals surface area contributed by atoms with Crippen LogP contribution in [0.25, 0.3) is 0 Å². The topological polar surface area (TPSA) is 25.2 Å². The van der Waals surface area contributed by atoms with Gasteiger partial charge in [0.05, 0.1) is 6.26 Å². The van der Waals surface area contributed by atoms with Gasteiger partial charge >= 0.3 is 0 Å². The van der Waals surface area contributed by atoms with Crippen LogP contribution in [0.4, 0.5) is 0 Å². The van der Waals surface area contributed by atoms with Crippen LogP contribution in [0.15, 0.2) is 32.7 Å². The van der Waals surface area contributed by atoms with Gasteiger partial charge in [-0.25, -0.2) is 0 Å². The zero-order valence-corrected chi connectivity index (χ0v) is 12.4. The van der Waals surface area contributed by atoms with Crippen molar-refractivity contribution in [1.82, 2.24) is 5.32 Å². The second-order valence-electron chi connectivity index (χ2n) is 3.89. The van der Waals surface area contributed by atoms with Crippen molar-refractivity contribution in [2.24, 2.45) is 0 Å². The summed E-state index contributed by atoms with van der Waals surface area (Å²) in [6.07, 6.45) is 3.70. The lowest BCUT2D eigenvalue weighted by molar-refractivity contribution is 0.495. The zero-order chi connectivity index (χ0) is 12.3. The average Bonchev–Trinajstić information content (AvgIpc) is 2.95. The fourth-order valence-corrected chi connectivity index (χ4v) is 3.53. The fourth-order valence-electron chi connectivity index (χ4n) is 1.97. The van der Waals surface area contributed by atoms with Gasteiger partial charge in [-0.05, 0) is 40.5 Å². The van der Waals surface area contributed by atoms with Crippen molar-refractivity contribution in [1.29, 1.82) is 0 Å². The van der Waals surface area contributed by atoms with E-state index in [-0.39, 0.29) is 0 Å². The van der Waals surface area contributed by atoms with E-state index in [1.807, 2.05) is 7.05 Å². The van der Waals surface area contributed by atoms with Gasteiger partial charge in [-0.2, -0.15) is 0 Å². The molecule has 1 unspecified atom stereocenters. The minimum atomic E-state index is 0.318. The summed E-state index contributed by atoms with van der Waals surface area (Å²) in [4.78, 5) is 1.37. The van der Waals surface area contributed by atoms with Crippen LogP contribution < -0.4 is 5.32 Å². The molecule has 2 heterocycles. The first-order valence-corrected chi connectivity index (χ1v) is 7.39. The summed E-state index contributed by atoms with van der Waals surface area (Å²) in [5, 5.41) is 5.48. The largest absolute Gasteiger partial charge is 0.469 e. The molecule has 1 atom stereocenters. The van der Waals surface area contributed by atoms with E-state index in [0.29, 0.717) is 6.04 Å². The van der Waals surface area contributed by atoms with Gasteiger partial charge in [-0.15, -0.1) is 11.3 Å². The SMILES string of the molecule is CCc1occc1C(Cc1sccc1Br)NC. The second-order valence-corrected chi connectivity index (χ2v) is 5.74. The van der Waals surface area contributed by atoms with E-state index < -0.39 is 0 Å². The highest BCUT2D eigenvalue weighted by atomic mass is 79.9. The smallest absolute Gasteiger partial charge is 0.108 e. The van der Waals surface area contributed by atoms with E-state index in [1.165, 1.54) is 14.9 Å². The van der Waals surface area contributed by atoms with Crippen LogP contribution in [-0.2, 0) is 12.8 Å². The molecule has 2 nitrogen and oxygen atoms in total. The van der Waals surface area contributed by atoms with Crippen LogP contribution in [0.2, 0.25) is 0 Å². The van der Waals surface area contributed by atoms with Crippen molar-refractivity contribution in [2.45, 2.75) is 25.8 Å². The first kappa shape index (κ1) is 12.9. The highest BCUT2D eigenvalue weighted by Gasteiger charge is 2.17. The standard InChI is InChI=1S/C13H16BrNOS/c1-3-12-9(4-6-16-12)11(15-2)8-13-10(14)5-7-17-13/h4-7,11,15H,3,8H2,1-2H3. The monoisotopic (exact) mass is 313 g/mol. The summed E-state index contributed by atoms with van der Waals surface area (Å²) in [7, 11) is 2.00. The predicted molar refractivity (Wildman–Crippen MR) is 75.6 cm³/mol. The molecule has 0 amide bonds. The van der Waals surface area contributed by atoms with Gasteiger partial charge in [-0.3, -0.25) is 0 Å². The van der Waals surface area contributed by atoms with Gasteiger partial charge in [0.2, 0.25) is 0 Å². The highest BCUT2D eigenvalue weighted by Crippen LogP contribution is 2.29. The number of thiophene rings is 1. The third kappa shape index (κ3) is 2.81. The van der Waals surface area contributed by atoms with E-state index in [9.17, 15) is 0 Å². The summed E-state index contributed by atoms with van der Waals surface area (Å²) >= 11 is 5.37. The Hall–Kier alpha value is -0.580. The van der Waals surface area contributed by atoms with Gasteiger partial charge in [0, 0.05) is 33.8 Å². The van der Waals surface area contributed by atoms with Crippen molar-refractivity contribution < 1.29 is 4.42 Å². The molecule has 0 fully saturated rings. The van der Waals surface area contributed by atoms with Gasteiger partial charge in [-0.1, -0.05) is 6.92 Å². The van der Waals surface area contributed by atoms with E-state index in [2.05, 4.69) is 45.7 Å². The van der Waals surface area contributed by atoms with Crippen molar-refractivity contribution in [2.75, 3.05) is 7.05 Å². The minimum Gasteiger partial charge on any atom is -0.469 e. The van der Waals surface area contributed by atoms with E-state index in [1.54, 1.807) is 17.6 Å². The number of nitrogens with one attached hydrogen (secondary N) is 1. The minimum absolute atomic E-state index is 0.318. The number of hydrogen-bond acceptors (Lipinski definition) is 3. The molecule has 0 radical (unpaired) electrons. The molecular weight excluding hydrogens is 298 g/mol. The lowest BCUT2D eigenvalue weighted by atomic mass is 10.0. The summed E-state index contributed by atoms with van der Waals surface area (Å²) in [5.74, 6) is 1.08. The third-order valence-corrected chi connectivity index (χ3v) is 4.85. The van der Waals surface area contributed by atoms with Crippen LogP contribution in [0.3, 0.4) is 0 Å². The summed E-state index contributed by atoms with van der Waals surface area (Å²) in [5.41, 5.74) is 1.27. The van der Waals surface area contributed by atoms with Crippen molar-refractivity contribution in [3.05, 3.63) is 44.4 Å². The Balaban J connectivity index is 2.20. The Kier molecular flexibility index (Phi) is 4.42. The molecule has 2 aromatic rings. The quantitative estimate of drug-likeness (QED) is 0.896. The molecule has 92 valence electrons. The predicted octanol–water partition coefficient (Wildman–Crippen LogP) is 4.17.